The summed E-state index contributed by atoms with van der Waals surface area (Å²) < 4.78 is 29.1. The van der Waals surface area contributed by atoms with Crippen LogP contribution in [0.3, 0.4) is 0 Å². The molecule has 0 aliphatic carbocycles. The van der Waals surface area contributed by atoms with E-state index in [9.17, 15) is 8.42 Å². The SMILES string of the molecule is CCCCCCCCCS(=O)(=O)O.[Na+]. The molecule has 0 spiro atoms. The van der Waals surface area contributed by atoms with Gasteiger partial charge in [-0.25, -0.2) is 0 Å². The molecule has 0 fully saturated rings. The predicted octanol–water partition coefficient (Wildman–Crippen LogP) is -0.371. The summed E-state index contributed by atoms with van der Waals surface area (Å²) in [5.74, 6) is -0.0826. The molecule has 0 saturated carbocycles. The van der Waals surface area contributed by atoms with Gasteiger partial charge in [0.1, 0.15) is 0 Å². The van der Waals surface area contributed by atoms with Crippen LogP contribution >= 0.6 is 0 Å². The van der Waals surface area contributed by atoms with Crippen LogP contribution in [0.1, 0.15) is 51.9 Å². The number of unbranched alkanes of at least 4 members (excludes halogenated alkanes) is 6. The fourth-order valence-electron chi connectivity index (χ4n) is 1.24. The third-order valence-electron chi connectivity index (χ3n) is 2.01. The molecule has 0 aromatic heterocycles. The van der Waals surface area contributed by atoms with Crippen LogP contribution in [0.25, 0.3) is 0 Å². The van der Waals surface area contributed by atoms with Crippen molar-refractivity contribution in [2.45, 2.75) is 51.9 Å². The first-order valence-electron chi connectivity index (χ1n) is 5.01. The Morgan fingerprint density at radius 3 is 1.79 bits per heavy atom. The third kappa shape index (κ3) is 15.4. The smallest absolute Gasteiger partial charge is 0.286 e. The quantitative estimate of drug-likeness (QED) is 0.352. The van der Waals surface area contributed by atoms with E-state index in [1.807, 2.05) is 0 Å². The van der Waals surface area contributed by atoms with E-state index in [1.54, 1.807) is 0 Å². The molecule has 80 valence electrons. The van der Waals surface area contributed by atoms with Crippen LogP contribution in [0.2, 0.25) is 0 Å². The van der Waals surface area contributed by atoms with Crippen LogP contribution in [0.15, 0.2) is 0 Å². The van der Waals surface area contributed by atoms with E-state index < -0.39 is 10.1 Å². The summed E-state index contributed by atoms with van der Waals surface area (Å²) >= 11 is 0. The van der Waals surface area contributed by atoms with Crippen LogP contribution in [-0.2, 0) is 10.1 Å². The molecule has 0 aromatic carbocycles. The minimum Gasteiger partial charge on any atom is -0.286 e. The number of hydrogen-bond acceptors (Lipinski definition) is 2. The van der Waals surface area contributed by atoms with Crippen molar-refractivity contribution in [3.63, 3.8) is 0 Å². The number of rotatable bonds is 8. The van der Waals surface area contributed by atoms with Crippen molar-refractivity contribution in [2.75, 3.05) is 5.75 Å². The van der Waals surface area contributed by atoms with Crippen molar-refractivity contribution in [3.05, 3.63) is 0 Å². The molecule has 1 N–H and O–H groups in total. The van der Waals surface area contributed by atoms with Crippen LogP contribution in [0, 0.1) is 0 Å². The van der Waals surface area contributed by atoms with Gasteiger partial charge in [-0.2, -0.15) is 8.42 Å². The second-order valence-electron chi connectivity index (χ2n) is 3.41. The maximum Gasteiger partial charge on any atom is 1.00 e. The molecule has 0 rings (SSSR count). The molecule has 0 amide bonds. The second kappa shape index (κ2) is 10.4. The van der Waals surface area contributed by atoms with Gasteiger partial charge in [0.25, 0.3) is 10.1 Å². The molecule has 0 bridgehead atoms. The minimum absolute atomic E-state index is 0. The van der Waals surface area contributed by atoms with Gasteiger partial charge >= 0.3 is 29.6 Å². The first-order chi connectivity index (χ1) is 6.06. The van der Waals surface area contributed by atoms with Gasteiger partial charge in [0.05, 0.1) is 5.75 Å². The molecule has 0 heterocycles. The molecule has 0 aliphatic rings. The molecule has 0 radical (unpaired) electrons. The summed E-state index contributed by atoms with van der Waals surface area (Å²) in [5, 5.41) is 0. The van der Waals surface area contributed by atoms with E-state index in [-0.39, 0.29) is 35.3 Å². The Labute approximate surface area is 110 Å². The summed E-state index contributed by atoms with van der Waals surface area (Å²) in [6.07, 6.45) is 7.48. The molecule has 5 heteroatoms. The Morgan fingerprint density at radius 1 is 0.929 bits per heavy atom. The predicted molar refractivity (Wildman–Crippen MR) is 54.4 cm³/mol. The third-order valence-corrected chi connectivity index (χ3v) is 2.81. The summed E-state index contributed by atoms with van der Waals surface area (Å²) in [6.45, 7) is 2.17. The van der Waals surface area contributed by atoms with Crippen LogP contribution < -0.4 is 29.6 Å². The molecular formula is C9H20NaO3S+. The summed E-state index contributed by atoms with van der Waals surface area (Å²) in [7, 11) is -3.72. The van der Waals surface area contributed by atoms with E-state index in [1.165, 1.54) is 25.7 Å². The van der Waals surface area contributed by atoms with E-state index in [0.29, 0.717) is 6.42 Å². The summed E-state index contributed by atoms with van der Waals surface area (Å²) in [4.78, 5) is 0. The monoisotopic (exact) mass is 231 g/mol. The van der Waals surface area contributed by atoms with Crippen molar-refractivity contribution in [3.8, 4) is 0 Å². The maximum absolute atomic E-state index is 10.3. The van der Waals surface area contributed by atoms with Crippen LogP contribution in [0.4, 0.5) is 0 Å². The second-order valence-corrected chi connectivity index (χ2v) is 4.98. The fourth-order valence-corrected chi connectivity index (χ4v) is 1.81. The first-order valence-corrected chi connectivity index (χ1v) is 6.62. The zero-order valence-electron chi connectivity index (χ0n) is 9.33. The van der Waals surface area contributed by atoms with Crippen LogP contribution in [0.5, 0.6) is 0 Å². The molecule has 3 nitrogen and oxygen atoms in total. The largest absolute Gasteiger partial charge is 1.00 e. The topological polar surface area (TPSA) is 54.4 Å². The normalized spacial score (nSPS) is 11.0. The van der Waals surface area contributed by atoms with Gasteiger partial charge in [-0.1, -0.05) is 45.4 Å². The van der Waals surface area contributed by atoms with Crippen molar-refractivity contribution in [1.82, 2.24) is 0 Å². The number of hydrogen-bond donors (Lipinski definition) is 1. The van der Waals surface area contributed by atoms with E-state index in [4.69, 9.17) is 4.55 Å². The zero-order chi connectivity index (χ0) is 10.2. The average Bonchev–Trinajstić information content (AvgIpc) is 2.01. The molecule has 0 aromatic rings. The molecule has 0 unspecified atom stereocenters. The van der Waals surface area contributed by atoms with Crippen molar-refractivity contribution >= 4 is 10.1 Å². The maximum atomic E-state index is 10.3. The van der Waals surface area contributed by atoms with Gasteiger partial charge in [0, 0.05) is 0 Å². The van der Waals surface area contributed by atoms with Gasteiger partial charge in [-0.3, -0.25) is 4.55 Å². The van der Waals surface area contributed by atoms with Crippen molar-refractivity contribution < 1.29 is 42.5 Å². The van der Waals surface area contributed by atoms with E-state index in [0.717, 1.165) is 12.8 Å². The van der Waals surface area contributed by atoms with Crippen molar-refractivity contribution in [2.24, 2.45) is 0 Å². The Hall–Kier alpha value is 0.910. The van der Waals surface area contributed by atoms with E-state index in [2.05, 4.69) is 6.92 Å². The van der Waals surface area contributed by atoms with E-state index >= 15 is 0 Å². The molecule has 0 aliphatic heterocycles. The molecule has 14 heavy (non-hydrogen) atoms. The molecule has 0 saturated heterocycles. The first kappa shape index (κ1) is 17.3. The Kier molecular flexibility index (Phi) is 12.9. The van der Waals surface area contributed by atoms with Crippen molar-refractivity contribution in [1.29, 1.82) is 0 Å². The molecule has 0 atom stereocenters. The summed E-state index contributed by atoms with van der Waals surface area (Å²) in [5.41, 5.74) is 0. The Morgan fingerprint density at radius 2 is 1.36 bits per heavy atom. The van der Waals surface area contributed by atoms with Gasteiger partial charge in [-0.15, -0.1) is 0 Å². The fraction of sp³-hybridized carbons (Fsp3) is 1.00. The minimum atomic E-state index is -3.72. The van der Waals surface area contributed by atoms with Crippen LogP contribution in [-0.4, -0.2) is 18.7 Å². The average molecular weight is 231 g/mol. The Balaban J connectivity index is 0. The summed E-state index contributed by atoms with van der Waals surface area (Å²) in [6, 6.07) is 0. The molecular weight excluding hydrogens is 211 g/mol. The zero-order valence-corrected chi connectivity index (χ0v) is 12.1. The van der Waals surface area contributed by atoms with Gasteiger partial charge in [0.15, 0.2) is 0 Å². The standard InChI is InChI=1S/C9H20O3S.Na/c1-2-3-4-5-6-7-8-9-13(10,11)12;/h2-9H2,1H3,(H,10,11,12);/q;+1. The van der Waals surface area contributed by atoms with Gasteiger partial charge < -0.3 is 0 Å². The van der Waals surface area contributed by atoms with Gasteiger partial charge in [-0.05, 0) is 6.42 Å². The van der Waals surface area contributed by atoms with Gasteiger partial charge in [0.2, 0.25) is 0 Å². The Bertz CT molecular complexity index is 202.